The topological polar surface area (TPSA) is 100 Å². The molecule has 0 radical (unpaired) electrons. The van der Waals surface area contributed by atoms with Crippen LogP contribution in [0.4, 0.5) is 11.4 Å². The molecule has 1 unspecified atom stereocenters. The van der Waals surface area contributed by atoms with Gasteiger partial charge in [0.1, 0.15) is 17.5 Å². The average molecular weight is 525 g/mol. The number of hydrazine groups is 1. The maximum Gasteiger partial charge on any atom is 0.279 e. The molecule has 0 spiro atoms. The quantitative estimate of drug-likeness (QED) is 0.411. The molecule has 0 bridgehead atoms. The van der Waals surface area contributed by atoms with Gasteiger partial charge < -0.3 is 14.8 Å². The van der Waals surface area contributed by atoms with Crippen molar-refractivity contribution in [1.29, 1.82) is 0 Å². The molecule has 1 aliphatic heterocycles. The Hall–Kier alpha value is -3.96. The van der Waals surface area contributed by atoms with Crippen molar-refractivity contribution in [2.75, 3.05) is 23.9 Å². The number of hydrogen-bond acceptors (Lipinski definition) is 7. The van der Waals surface area contributed by atoms with Crippen molar-refractivity contribution in [3.8, 4) is 11.5 Å². The predicted molar refractivity (Wildman–Crippen MR) is 141 cm³/mol. The fourth-order valence-electron chi connectivity index (χ4n) is 3.63. The standard InChI is InChI=1S/C25H24N4O5S2/c1-3-34-19-10-6-16(7-11-19)26-22(30)15-20-24(32)28(17-8-12-18(33-2)13-9-17)25(35)29(20)27-23(31)21-5-4-14-36-21/h4-14,20H,3,15H2,1-2H3,(H,26,30)(H,27,31). The molecule has 0 aliphatic carbocycles. The van der Waals surface area contributed by atoms with Crippen molar-refractivity contribution in [3.05, 3.63) is 70.9 Å². The van der Waals surface area contributed by atoms with E-state index >= 15 is 0 Å². The lowest BCUT2D eigenvalue weighted by atomic mass is 10.1. The normalized spacial score (nSPS) is 15.1. The fraction of sp³-hybridized carbons (Fsp3) is 0.200. The first-order valence-corrected chi connectivity index (χ1v) is 12.4. The van der Waals surface area contributed by atoms with Gasteiger partial charge in [0.25, 0.3) is 11.8 Å². The van der Waals surface area contributed by atoms with Gasteiger partial charge in [-0.3, -0.25) is 24.7 Å². The molecule has 1 saturated heterocycles. The summed E-state index contributed by atoms with van der Waals surface area (Å²) in [5, 5.41) is 5.90. The van der Waals surface area contributed by atoms with Crippen molar-refractivity contribution < 1.29 is 23.9 Å². The molecule has 3 amide bonds. The highest BCUT2D eigenvalue weighted by molar-refractivity contribution is 7.80. The largest absolute Gasteiger partial charge is 0.497 e. The summed E-state index contributed by atoms with van der Waals surface area (Å²) in [6.45, 7) is 2.42. The van der Waals surface area contributed by atoms with Crippen LogP contribution in [0.1, 0.15) is 23.0 Å². The second-order valence-electron chi connectivity index (χ2n) is 7.67. The van der Waals surface area contributed by atoms with Crippen LogP contribution in [0.5, 0.6) is 11.5 Å². The Morgan fingerprint density at radius 3 is 2.36 bits per heavy atom. The van der Waals surface area contributed by atoms with E-state index in [0.717, 1.165) is 0 Å². The van der Waals surface area contributed by atoms with Crippen molar-refractivity contribution >= 4 is 57.8 Å². The lowest BCUT2D eigenvalue weighted by Gasteiger charge is -2.24. The number of thiocarbonyl (C=S) groups is 1. The molecular formula is C25H24N4O5S2. The van der Waals surface area contributed by atoms with E-state index in [2.05, 4.69) is 10.7 Å². The second-order valence-corrected chi connectivity index (χ2v) is 8.98. The molecule has 4 rings (SSSR count). The van der Waals surface area contributed by atoms with Crippen molar-refractivity contribution in [3.63, 3.8) is 0 Å². The molecule has 2 N–H and O–H groups in total. The van der Waals surface area contributed by atoms with E-state index in [-0.39, 0.29) is 11.5 Å². The van der Waals surface area contributed by atoms with Gasteiger partial charge in [-0.2, -0.15) is 0 Å². The molecule has 3 aromatic rings. The number of benzene rings is 2. The minimum absolute atomic E-state index is 0.0638. The van der Waals surface area contributed by atoms with Gasteiger partial charge in [0.2, 0.25) is 11.0 Å². The molecular weight excluding hydrogens is 500 g/mol. The third-order valence-electron chi connectivity index (χ3n) is 5.34. The first-order chi connectivity index (χ1) is 17.4. The first kappa shape index (κ1) is 25.1. The number of rotatable bonds is 9. The minimum Gasteiger partial charge on any atom is -0.497 e. The number of methoxy groups -OCH3 is 1. The molecule has 2 aromatic carbocycles. The van der Waals surface area contributed by atoms with Crippen molar-refractivity contribution in [2.45, 2.75) is 19.4 Å². The van der Waals surface area contributed by atoms with E-state index in [1.54, 1.807) is 73.2 Å². The Morgan fingerprint density at radius 1 is 1.06 bits per heavy atom. The number of nitrogens with one attached hydrogen (secondary N) is 2. The van der Waals surface area contributed by atoms with Crippen molar-refractivity contribution in [1.82, 2.24) is 10.4 Å². The Balaban J connectivity index is 1.55. The highest BCUT2D eigenvalue weighted by Crippen LogP contribution is 2.28. The SMILES string of the molecule is CCOc1ccc(NC(=O)CC2C(=O)N(c3ccc(OC)cc3)C(=S)N2NC(=O)c2cccs2)cc1. The zero-order valence-corrected chi connectivity index (χ0v) is 21.2. The molecule has 186 valence electrons. The number of amides is 3. The third kappa shape index (κ3) is 5.47. The summed E-state index contributed by atoms with van der Waals surface area (Å²) in [5.74, 6) is 0.0364. The molecule has 1 fully saturated rings. The minimum atomic E-state index is -1.04. The molecule has 9 nitrogen and oxygen atoms in total. The fourth-order valence-corrected chi connectivity index (χ4v) is 4.61. The highest BCUT2D eigenvalue weighted by Gasteiger charge is 2.45. The number of carbonyl (C=O) groups is 3. The Kier molecular flexibility index (Phi) is 7.81. The van der Waals surface area contributed by atoms with Gasteiger partial charge in [-0.1, -0.05) is 6.07 Å². The third-order valence-corrected chi connectivity index (χ3v) is 6.59. The van der Waals surface area contributed by atoms with E-state index in [1.165, 1.54) is 21.2 Å². The Labute approximate surface area is 217 Å². The number of ether oxygens (including phenoxy) is 2. The molecule has 0 saturated carbocycles. The first-order valence-electron chi connectivity index (χ1n) is 11.1. The lowest BCUT2D eigenvalue weighted by molar-refractivity contribution is -0.124. The van der Waals surface area contributed by atoms with Crippen LogP contribution in [-0.4, -0.2) is 47.6 Å². The predicted octanol–water partition coefficient (Wildman–Crippen LogP) is 3.83. The van der Waals surface area contributed by atoms with Crippen LogP contribution in [0.2, 0.25) is 0 Å². The van der Waals surface area contributed by atoms with Gasteiger partial charge >= 0.3 is 0 Å². The number of hydrogen-bond donors (Lipinski definition) is 2. The molecule has 11 heteroatoms. The van der Waals surface area contributed by atoms with Gasteiger partial charge in [-0.05, 0) is 79.1 Å². The Bertz CT molecular complexity index is 1250. The molecule has 1 aliphatic rings. The Morgan fingerprint density at radius 2 is 1.75 bits per heavy atom. The van der Waals surface area contributed by atoms with Gasteiger partial charge in [-0.15, -0.1) is 11.3 Å². The van der Waals surface area contributed by atoms with Crippen LogP contribution in [0, 0.1) is 0 Å². The van der Waals surface area contributed by atoms with Crippen LogP contribution in [0.25, 0.3) is 0 Å². The van der Waals surface area contributed by atoms with Crippen LogP contribution < -0.4 is 25.1 Å². The van der Waals surface area contributed by atoms with Crippen LogP contribution in [0.15, 0.2) is 66.0 Å². The summed E-state index contributed by atoms with van der Waals surface area (Å²) in [7, 11) is 1.54. The van der Waals surface area contributed by atoms with Crippen LogP contribution >= 0.6 is 23.6 Å². The van der Waals surface area contributed by atoms with E-state index in [4.69, 9.17) is 21.7 Å². The van der Waals surface area contributed by atoms with Gasteiger partial charge in [-0.25, -0.2) is 5.01 Å². The van der Waals surface area contributed by atoms with Gasteiger partial charge in [0.15, 0.2) is 0 Å². The average Bonchev–Trinajstić information content (AvgIpc) is 3.49. The number of anilines is 2. The number of carbonyl (C=O) groups excluding carboxylic acids is 3. The van der Waals surface area contributed by atoms with Crippen molar-refractivity contribution in [2.24, 2.45) is 0 Å². The molecule has 36 heavy (non-hydrogen) atoms. The molecule has 1 aromatic heterocycles. The van der Waals surface area contributed by atoms with Gasteiger partial charge in [0.05, 0.1) is 30.7 Å². The summed E-state index contributed by atoms with van der Waals surface area (Å²) < 4.78 is 10.6. The summed E-state index contributed by atoms with van der Waals surface area (Å²) >= 11 is 6.83. The smallest absolute Gasteiger partial charge is 0.279 e. The maximum absolute atomic E-state index is 13.5. The summed E-state index contributed by atoms with van der Waals surface area (Å²) in [5.41, 5.74) is 3.75. The zero-order chi connectivity index (χ0) is 25.7. The highest BCUT2D eigenvalue weighted by atomic mass is 32.1. The molecule has 2 heterocycles. The number of nitrogens with zero attached hydrogens (tertiary/aromatic N) is 2. The number of thiophene rings is 1. The summed E-state index contributed by atoms with van der Waals surface area (Å²) in [4.78, 5) is 40.9. The summed E-state index contributed by atoms with van der Waals surface area (Å²) in [6, 6.07) is 16.1. The molecule has 1 atom stereocenters. The van der Waals surface area contributed by atoms with Crippen LogP contribution in [-0.2, 0) is 9.59 Å². The van der Waals surface area contributed by atoms with E-state index in [0.29, 0.717) is 34.4 Å². The monoisotopic (exact) mass is 524 g/mol. The van der Waals surface area contributed by atoms with E-state index < -0.39 is 23.8 Å². The lowest BCUT2D eigenvalue weighted by Crippen LogP contribution is -2.49. The zero-order valence-electron chi connectivity index (χ0n) is 19.6. The van der Waals surface area contributed by atoms with E-state index in [1.807, 2.05) is 6.92 Å². The summed E-state index contributed by atoms with van der Waals surface area (Å²) in [6.07, 6.45) is -0.233. The maximum atomic E-state index is 13.5. The van der Waals surface area contributed by atoms with Crippen LogP contribution in [0.3, 0.4) is 0 Å². The van der Waals surface area contributed by atoms with Gasteiger partial charge in [0, 0.05) is 5.69 Å². The second kappa shape index (κ2) is 11.2. The van der Waals surface area contributed by atoms with E-state index in [9.17, 15) is 14.4 Å².